The van der Waals surface area contributed by atoms with Gasteiger partial charge < -0.3 is 5.32 Å². The van der Waals surface area contributed by atoms with Crippen molar-refractivity contribution in [3.05, 3.63) is 89.3 Å². The molecule has 0 aliphatic heterocycles. The highest BCUT2D eigenvalue weighted by Gasteiger charge is 2.17. The van der Waals surface area contributed by atoms with Gasteiger partial charge in [-0.3, -0.25) is 0 Å². The zero-order chi connectivity index (χ0) is 25.4. The van der Waals surface area contributed by atoms with E-state index in [0.717, 1.165) is 47.4 Å². The largest absolute Gasteiger partial charge is 0.355 e. The van der Waals surface area contributed by atoms with E-state index in [1.54, 1.807) is 23.9 Å². The standard InChI is InChI=1S/C28H33ClF3NS/c1-17(2)9-7-8-10-23(13-19(5)18(3)4)34-27-14-21(11-12-24(27)29)20(6)33-22-15-25(30)28(32)26(31)16-22/h8,10-12,14-16,18-19,23,33H,1,6-7,9,13H2,2-5H3. The Kier molecular flexibility index (Phi) is 10.8. The van der Waals surface area contributed by atoms with Gasteiger partial charge in [-0.1, -0.05) is 62.7 Å². The molecule has 2 atom stereocenters. The van der Waals surface area contributed by atoms with Crippen molar-refractivity contribution in [1.82, 2.24) is 0 Å². The number of hydrogen-bond acceptors (Lipinski definition) is 2. The topological polar surface area (TPSA) is 12.0 Å². The lowest BCUT2D eigenvalue weighted by Gasteiger charge is -2.22. The molecule has 0 aliphatic carbocycles. The Balaban J connectivity index is 2.22. The first-order valence-electron chi connectivity index (χ1n) is 11.4. The molecule has 0 aromatic heterocycles. The maximum atomic E-state index is 13.6. The number of rotatable bonds is 12. The Morgan fingerprint density at radius 2 is 1.74 bits per heavy atom. The minimum atomic E-state index is -1.50. The summed E-state index contributed by atoms with van der Waals surface area (Å²) in [6.07, 6.45) is 7.35. The third-order valence-electron chi connectivity index (χ3n) is 5.67. The molecule has 0 saturated carbocycles. The van der Waals surface area contributed by atoms with Crippen molar-refractivity contribution < 1.29 is 13.2 Å². The zero-order valence-electron chi connectivity index (χ0n) is 20.2. The lowest BCUT2D eigenvalue weighted by Crippen LogP contribution is -2.11. The smallest absolute Gasteiger partial charge is 0.194 e. The van der Waals surface area contributed by atoms with Gasteiger partial charge in [0.2, 0.25) is 0 Å². The third kappa shape index (κ3) is 8.59. The van der Waals surface area contributed by atoms with Crippen LogP contribution in [0.3, 0.4) is 0 Å². The van der Waals surface area contributed by atoms with Crippen LogP contribution in [0.2, 0.25) is 5.02 Å². The Hall–Kier alpha value is -2.11. The van der Waals surface area contributed by atoms with Crippen LogP contribution in [-0.2, 0) is 0 Å². The van der Waals surface area contributed by atoms with E-state index in [1.807, 2.05) is 13.0 Å². The zero-order valence-corrected chi connectivity index (χ0v) is 21.8. The van der Waals surface area contributed by atoms with Crippen LogP contribution in [0.4, 0.5) is 18.9 Å². The van der Waals surface area contributed by atoms with Gasteiger partial charge in [0.05, 0.1) is 5.02 Å². The average molecular weight is 508 g/mol. The highest BCUT2D eigenvalue weighted by Crippen LogP contribution is 2.37. The fourth-order valence-corrected chi connectivity index (χ4v) is 4.74. The summed E-state index contributed by atoms with van der Waals surface area (Å²) in [5.41, 5.74) is 2.38. The van der Waals surface area contributed by atoms with E-state index in [2.05, 4.69) is 51.4 Å². The number of nitrogens with one attached hydrogen (secondary N) is 1. The van der Waals surface area contributed by atoms with Gasteiger partial charge in [0, 0.05) is 33.7 Å². The van der Waals surface area contributed by atoms with E-state index in [1.165, 1.54) is 0 Å². The number of anilines is 1. The van der Waals surface area contributed by atoms with Crippen LogP contribution < -0.4 is 5.32 Å². The van der Waals surface area contributed by atoms with Crippen molar-refractivity contribution in [3.8, 4) is 0 Å². The van der Waals surface area contributed by atoms with Crippen LogP contribution in [0.25, 0.3) is 5.70 Å². The summed E-state index contributed by atoms with van der Waals surface area (Å²) in [6.45, 7) is 16.7. The van der Waals surface area contributed by atoms with Gasteiger partial charge in [-0.25, -0.2) is 13.2 Å². The lowest BCUT2D eigenvalue weighted by atomic mass is 9.93. The van der Waals surface area contributed by atoms with Gasteiger partial charge in [-0.05, 0) is 55.7 Å². The Morgan fingerprint density at radius 1 is 1.09 bits per heavy atom. The molecule has 0 saturated heterocycles. The van der Waals surface area contributed by atoms with Crippen LogP contribution in [-0.4, -0.2) is 5.25 Å². The predicted octanol–water partition coefficient (Wildman–Crippen LogP) is 9.90. The van der Waals surface area contributed by atoms with Gasteiger partial charge in [0.15, 0.2) is 17.5 Å². The molecule has 2 aromatic carbocycles. The van der Waals surface area contributed by atoms with Gasteiger partial charge in [-0.15, -0.1) is 18.3 Å². The molecule has 34 heavy (non-hydrogen) atoms. The second-order valence-electron chi connectivity index (χ2n) is 9.04. The predicted molar refractivity (Wildman–Crippen MR) is 142 cm³/mol. The lowest BCUT2D eigenvalue weighted by molar-refractivity contribution is 0.398. The highest BCUT2D eigenvalue weighted by atomic mass is 35.5. The van der Waals surface area contributed by atoms with E-state index in [0.29, 0.717) is 22.6 Å². The van der Waals surface area contributed by atoms with E-state index < -0.39 is 17.5 Å². The van der Waals surface area contributed by atoms with Crippen molar-refractivity contribution in [2.45, 2.75) is 57.1 Å². The Morgan fingerprint density at radius 3 is 2.32 bits per heavy atom. The van der Waals surface area contributed by atoms with Gasteiger partial charge in [-0.2, -0.15) is 0 Å². The number of thioether (sulfide) groups is 1. The molecule has 2 rings (SSSR count). The van der Waals surface area contributed by atoms with Crippen LogP contribution in [0.1, 0.15) is 52.5 Å². The molecule has 2 aromatic rings. The third-order valence-corrected chi connectivity index (χ3v) is 7.35. The summed E-state index contributed by atoms with van der Waals surface area (Å²) in [4.78, 5) is 0.893. The fraction of sp³-hybridized carbons (Fsp3) is 0.357. The Bertz CT molecular complexity index is 1020. The molecule has 1 N–H and O–H groups in total. The van der Waals surface area contributed by atoms with Crippen molar-refractivity contribution >= 4 is 34.7 Å². The monoisotopic (exact) mass is 507 g/mol. The van der Waals surface area contributed by atoms with Crippen molar-refractivity contribution in [3.63, 3.8) is 0 Å². The average Bonchev–Trinajstić information content (AvgIpc) is 2.75. The maximum absolute atomic E-state index is 13.6. The van der Waals surface area contributed by atoms with Crippen LogP contribution in [0, 0.1) is 29.3 Å². The van der Waals surface area contributed by atoms with Crippen molar-refractivity contribution in [1.29, 1.82) is 0 Å². The number of halogens is 4. The maximum Gasteiger partial charge on any atom is 0.194 e. The summed E-state index contributed by atoms with van der Waals surface area (Å²) in [6, 6.07) is 7.27. The van der Waals surface area contributed by atoms with Crippen molar-refractivity contribution in [2.24, 2.45) is 11.8 Å². The van der Waals surface area contributed by atoms with Crippen LogP contribution in [0.5, 0.6) is 0 Å². The van der Waals surface area contributed by atoms with Crippen LogP contribution in [0.15, 0.2) is 66.1 Å². The second-order valence-corrected chi connectivity index (χ2v) is 10.7. The summed E-state index contributed by atoms with van der Waals surface area (Å²) >= 11 is 8.20. The molecule has 0 heterocycles. The summed E-state index contributed by atoms with van der Waals surface area (Å²) in [5.74, 6) is -2.93. The molecule has 0 amide bonds. The SMILES string of the molecule is C=C(C)CCC=CC(CC(C)C(C)C)Sc1cc(C(=C)Nc2cc(F)c(F)c(F)c2)ccc1Cl. The number of benzene rings is 2. The minimum absolute atomic E-state index is 0.0784. The molecule has 0 radical (unpaired) electrons. The van der Waals surface area contributed by atoms with Crippen LogP contribution >= 0.6 is 23.4 Å². The fourth-order valence-electron chi connectivity index (χ4n) is 3.20. The summed E-state index contributed by atoms with van der Waals surface area (Å²) in [5, 5.41) is 3.71. The van der Waals surface area contributed by atoms with Crippen molar-refractivity contribution in [2.75, 3.05) is 5.32 Å². The molecule has 1 nitrogen and oxygen atoms in total. The minimum Gasteiger partial charge on any atom is -0.355 e. The molecule has 0 spiro atoms. The molecule has 184 valence electrons. The molecule has 6 heteroatoms. The highest BCUT2D eigenvalue weighted by molar-refractivity contribution is 8.00. The quantitative estimate of drug-likeness (QED) is 0.174. The second kappa shape index (κ2) is 13.1. The van der Waals surface area contributed by atoms with Gasteiger partial charge in [0.25, 0.3) is 0 Å². The van der Waals surface area contributed by atoms with E-state index >= 15 is 0 Å². The molecule has 0 aliphatic rings. The van der Waals surface area contributed by atoms with E-state index in [4.69, 9.17) is 11.6 Å². The normalized spacial score (nSPS) is 13.3. The molecular formula is C28H33ClF3NS. The summed E-state index contributed by atoms with van der Waals surface area (Å²) in [7, 11) is 0. The first-order chi connectivity index (χ1) is 16.0. The van der Waals surface area contributed by atoms with Gasteiger partial charge in [0.1, 0.15) is 0 Å². The Labute approximate surface area is 211 Å². The molecular weight excluding hydrogens is 475 g/mol. The first kappa shape index (κ1) is 28.1. The molecule has 2 unspecified atom stereocenters. The summed E-state index contributed by atoms with van der Waals surface area (Å²) < 4.78 is 40.4. The molecule has 0 fully saturated rings. The number of hydrogen-bond donors (Lipinski definition) is 1. The molecule has 0 bridgehead atoms. The van der Waals surface area contributed by atoms with E-state index in [9.17, 15) is 13.2 Å². The van der Waals surface area contributed by atoms with Gasteiger partial charge >= 0.3 is 0 Å². The number of allylic oxidation sites excluding steroid dienone is 2. The first-order valence-corrected chi connectivity index (χ1v) is 12.6. The van der Waals surface area contributed by atoms with E-state index in [-0.39, 0.29) is 10.9 Å².